The molecule has 0 heterocycles. The minimum absolute atomic E-state index is 0. The average molecular weight is 221 g/mol. The van der Waals surface area contributed by atoms with Crippen LogP contribution >= 0.6 is 0 Å². The van der Waals surface area contributed by atoms with E-state index >= 15 is 0 Å². The Hall–Kier alpha value is -1.26. The number of carboxylic acid groups (broad SMARTS) is 2. The van der Waals surface area contributed by atoms with E-state index in [0.29, 0.717) is 0 Å². The quantitative estimate of drug-likeness (QED) is 0.380. The average Bonchev–Trinajstić information content (AvgIpc) is 1.66. The maximum atomic E-state index is 8.89. The van der Waals surface area contributed by atoms with E-state index in [1.54, 1.807) is 0 Å². The summed E-state index contributed by atoms with van der Waals surface area (Å²) in [6.45, 7) is 1.94. The molecule has 0 bridgehead atoms. The van der Waals surface area contributed by atoms with E-state index in [-0.39, 0.29) is 23.9 Å². The minimum Gasteiger partial charge on any atom is -0.857 e. The molecule has 0 aromatic heterocycles. The number of hydrogen-bond acceptors (Lipinski definition) is 5. The van der Waals surface area contributed by atoms with Crippen LogP contribution in [-0.4, -0.2) is 24.5 Å². The van der Waals surface area contributed by atoms with Gasteiger partial charge in [0.25, 0.3) is 0 Å². The van der Waals surface area contributed by atoms with Gasteiger partial charge in [0.05, 0.1) is 0 Å². The van der Waals surface area contributed by atoms with Gasteiger partial charge in [-0.25, -0.2) is 0 Å². The lowest BCUT2D eigenvalue weighted by Crippen LogP contribution is -2.16. The Balaban J connectivity index is -0.00000000957. The van der Waals surface area contributed by atoms with Crippen LogP contribution in [0, 0.1) is 0 Å². The Morgan fingerprint density at radius 3 is 0.786 bits per heavy atom. The predicted octanol–water partition coefficient (Wildman–Crippen LogP) is -3.21. The molecular weight excluding hydrogens is 198 g/mol. The summed E-state index contributed by atoms with van der Waals surface area (Å²) in [5, 5.41) is 26.0. The molecule has 0 rings (SSSR count). The van der Waals surface area contributed by atoms with Crippen molar-refractivity contribution in [3.63, 3.8) is 0 Å². The van der Waals surface area contributed by atoms with E-state index in [1.165, 1.54) is 0 Å². The summed E-state index contributed by atoms with van der Waals surface area (Å²) in [6.07, 6.45) is 0. The summed E-state index contributed by atoms with van der Waals surface area (Å²) in [4.78, 5) is 17.8. The number of carbonyl (C=O) groups is 2. The van der Waals surface area contributed by atoms with E-state index in [4.69, 9.17) is 24.9 Å². The minimum atomic E-state index is -1.08. The molecule has 9 heteroatoms. The highest BCUT2D eigenvalue weighted by atomic mass is 16.4. The third kappa shape index (κ3) is 642. The lowest BCUT2D eigenvalue weighted by Gasteiger charge is -1.77. The van der Waals surface area contributed by atoms with Crippen LogP contribution in [0.4, 0.5) is 0 Å². The van der Waals surface area contributed by atoms with E-state index in [9.17, 15) is 0 Å². The van der Waals surface area contributed by atoms with Gasteiger partial charge in [-0.3, -0.25) is 0 Å². The van der Waals surface area contributed by atoms with Crippen LogP contribution in [-0.2, 0) is 9.59 Å². The second kappa shape index (κ2) is 60.3. The molecule has 9 nitrogen and oxygen atoms in total. The van der Waals surface area contributed by atoms with Gasteiger partial charge in [0.2, 0.25) is 0 Å². The van der Waals surface area contributed by atoms with Crippen LogP contribution in [0.2, 0.25) is 0 Å². The first-order valence-electron chi connectivity index (χ1n) is 2.22. The first-order valence-corrected chi connectivity index (χ1v) is 2.22. The van der Waals surface area contributed by atoms with Gasteiger partial charge < -0.3 is 48.8 Å². The first kappa shape index (κ1) is 53.3. The summed E-state index contributed by atoms with van der Waals surface area (Å²) >= 11 is 0. The summed E-state index contributed by atoms with van der Waals surface area (Å²) in [6, 6.07) is 0. The zero-order chi connectivity index (χ0) is 9.15. The van der Waals surface area contributed by atoms with Crippen LogP contribution in [0.5, 0.6) is 0 Å². The highest BCUT2D eigenvalue weighted by Gasteiger charge is 1.46. The Kier molecular flexibility index (Phi) is 229. The lowest BCUT2D eigenvalue weighted by atomic mass is 10.9. The van der Waals surface area contributed by atoms with Gasteiger partial charge in [0.15, 0.2) is 0 Å². The van der Waals surface area contributed by atoms with Crippen molar-refractivity contribution >= 4 is 11.9 Å². The fraction of sp³-hybridized carbons (Fsp3) is 0.600. The predicted molar refractivity (Wildman–Crippen MR) is 48.9 cm³/mol. The van der Waals surface area contributed by atoms with Gasteiger partial charge in [-0.15, -0.1) is 0 Å². The highest BCUT2D eigenvalue weighted by molar-refractivity contribution is 5.60. The topological polar surface area (TPSA) is 244 Å². The largest absolute Gasteiger partial charge is 0.857 e. The molecule has 0 aromatic rings. The fourth-order valence-electron chi connectivity index (χ4n) is 0. The van der Waals surface area contributed by atoms with Crippen molar-refractivity contribution in [1.29, 1.82) is 0 Å². The maximum Gasteiger partial charge on any atom is 0.0383 e. The highest BCUT2D eigenvalue weighted by Crippen LogP contribution is 1.31. The van der Waals surface area contributed by atoms with Gasteiger partial charge in [0, 0.05) is 11.9 Å². The Morgan fingerprint density at radius 2 is 0.786 bits per heavy atom. The van der Waals surface area contributed by atoms with Crippen LogP contribution in [0.1, 0.15) is 13.8 Å². The maximum absolute atomic E-state index is 8.89. The van der Waals surface area contributed by atoms with Crippen molar-refractivity contribution in [2.45, 2.75) is 13.8 Å². The molecule has 0 unspecified atom stereocenters. The molecule has 0 aliphatic rings. The first-order chi connectivity index (χ1) is 4.46. The zero-order valence-electron chi connectivity index (χ0n) is 9.54. The molecule has 0 aliphatic heterocycles. The fourth-order valence-corrected chi connectivity index (χ4v) is 0. The van der Waals surface area contributed by atoms with Gasteiger partial charge in [-0.1, -0.05) is 0 Å². The third-order valence-electron chi connectivity index (χ3n) is 0. The van der Waals surface area contributed by atoms with E-state index in [0.717, 1.165) is 21.0 Å². The van der Waals surface area contributed by atoms with Crippen LogP contribution in [0.15, 0.2) is 0 Å². The van der Waals surface area contributed by atoms with Crippen molar-refractivity contribution in [3.05, 3.63) is 0 Å². The van der Waals surface area contributed by atoms with Crippen LogP contribution in [0.25, 0.3) is 0 Å². The molecule has 14 N–H and O–H groups in total. The monoisotopic (exact) mass is 221 g/mol. The summed E-state index contributed by atoms with van der Waals surface area (Å²) in [5.41, 5.74) is 0. The Morgan fingerprint density at radius 1 is 0.786 bits per heavy atom. The normalized spacial score (nSPS) is 4.00. The van der Waals surface area contributed by atoms with Crippen molar-refractivity contribution in [1.82, 2.24) is 18.5 Å². The number of aliphatic carboxylic acids is 2. The van der Waals surface area contributed by atoms with Crippen molar-refractivity contribution in [3.8, 4) is 0 Å². The third-order valence-corrected chi connectivity index (χ3v) is 0. The van der Waals surface area contributed by atoms with Gasteiger partial charge in [0.1, 0.15) is 0 Å². The van der Waals surface area contributed by atoms with Crippen molar-refractivity contribution in [2.75, 3.05) is 7.11 Å². The molecule has 0 amide bonds. The molecule has 0 aromatic carbocycles. The standard InChI is InChI=1S/2C2H4O2.CH3O.3H3N.H2O/c2*1-2(3)4;1-2;;;;/h2*1H3,(H,3,4);1H3;3*1H3;1H2/q;;-1;;;;/p+1. The van der Waals surface area contributed by atoms with Gasteiger partial charge >= 0.3 is 0 Å². The smallest absolute Gasteiger partial charge is 0.0383 e. The molecule has 0 atom stereocenters. The van der Waals surface area contributed by atoms with Crippen molar-refractivity contribution < 1.29 is 30.4 Å². The molecule has 0 aliphatic carbocycles. The van der Waals surface area contributed by atoms with Crippen LogP contribution < -0.4 is 33.8 Å². The Labute approximate surface area is 82.8 Å². The Bertz CT molecular complexity index is 79.5. The summed E-state index contributed by atoms with van der Waals surface area (Å²) < 4.78 is 0. The molecule has 94 valence electrons. The number of carboxylic acids is 2. The molecule has 0 saturated heterocycles. The number of quaternary nitrogens is 3. The molecular formula is C5H23N3O6. The number of rotatable bonds is 0. The van der Waals surface area contributed by atoms with E-state index < -0.39 is 11.9 Å². The molecule has 0 radical (unpaired) electrons. The molecule has 0 spiro atoms. The number of hydrogen-bond donors (Lipinski definition) is 3. The second-order valence-corrected chi connectivity index (χ2v) is 0.983. The summed E-state index contributed by atoms with van der Waals surface area (Å²) in [5.74, 6) is -2.17. The number of carbonyl (C=O) groups excluding carboxylic acids is 2. The molecule has 0 saturated carbocycles. The van der Waals surface area contributed by atoms with Crippen LogP contribution in [0.3, 0.4) is 0 Å². The SMILES string of the molecule is CC(=O)[O-].CC(=O)[O-].C[O-].O.[NH4+].[NH4+].[NH4+]. The molecule has 14 heavy (non-hydrogen) atoms. The van der Waals surface area contributed by atoms with Gasteiger partial charge in [-0.2, -0.15) is 7.11 Å². The molecule has 0 fully saturated rings. The lowest BCUT2D eigenvalue weighted by molar-refractivity contribution is -0.325. The van der Waals surface area contributed by atoms with Gasteiger partial charge in [-0.05, 0) is 13.8 Å². The van der Waals surface area contributed by atoms with Crippen molar-refractivity contribution in [2.24, 2.45) is 0 Å². The zero-order valence-corrected chi connectivity index (χ0v) is 9.54. The van der Waals surface area contributed by atoms with E-state index in [1.807, 2.05) is 0 Å². The second-order valence-electron chi connectivity index (χ2n) is 0.983. The summed E-state index contributed by atoms with van der Waals surface area (Å²) in [7, 11) is 0.750. The van der Waals surface area contributed by atoms with E-state index in [2.05, 4.69) is 0 Å².